The normalized spacial score (nSPS) is 10.6. The highest BCUT2D eigenvalue weighted by molar-refractivity contribution is 7.16. The molecule has 0 bridgehead atoms. The van der Waals surface area contributed by atoms with Crippen molar-refractivity contribution in [3.8, 4) is 5.75 Å². The number of nitro benzene ring substituents is 1. The number of fused-ring (bicyclic) bond motifs is 1. The Bertz CT molecular complexity index is 868. The molecule has 3 rings (SSSR count). The molecule has 0 atom stereocenters. The summed E-state index contributed by atoms with van der Waals surface area (Å²) in [4.78, 5) is 19.4. The van der Waals surface area contributed by atoms with E-state index in [1.54, 1.807) is 0 Å². The van der Waals surface area contributed by atoms with Gasteiger partial charge in [0.05, 0.1) is 23.1 Å². The molecule has 0 aliphatic carbocycles. The van der Waals surface area contributed by atoms with Gasteiger partial charge in [0.1, 0.15) is 16.4 Å². The summed E-state index contributed by atoms with van der Waals surface area (Å²) >= 11 is 7.34. The SMILES string of the molecule is COc1ccc([N+](=O)[O-])cc1Nc1nc(Cl)nc2sccc12. The lowest BCUT2D eigenvalue weighted by atomic mass is 10.2. The van der Waals surface area contributed by atoms with E-state index in [0.717, 1.165) is 10.2 Å². The summed E-state index contributed by atoms with van der Waals surface area (Å²) < 4.78 is 5.22. The van der Waals surface area contributed by atoms with Gasteiger partial charge < -0.3 is 10.1 Å². The number of benzene rings is 1. The Morgan fingerprint density at radius 3 is 2.91 bits per heavy atom. The second kappa shape index (κ2) is 5.74. The van der Waals surface area contributed by atoms with Crippen molar-refractivity contribution >= 4 is 50.3 Å². The zero-order valence-electron chi connectivity index (χ0n) is 11.2. The van der Waals surface area contributed by atoms with Gasteiger partial charge in [-0.25, -0.2) is 4.98 Å². The molecule has 0 saturated carbocycles. The molecular weight excluding hydrogens is 328 g/mol. The lowest BCUT2D eigenvalue weighted by Crippen LogP contribution is -1.99. The van der Waals surface area contributed by atoms with Crippen molar-refractivity contribution in [1.29, 1.82) is 0 Å². The highest BCUT2D eigenvalue weighted by Gasteiger charge is 2.14. The topological polar surface area (TPSA) is 90.2 Å². The Hall–Kier alpha value is -2.45. The van der Waals surface area contributed by atoms with E-state index in [0.29, 0.717) is 17.3 Å². The van der Waals surface area contributed by atoms with Gasteiger partial charge in [0.2, 0.25) is 5.28 Å². The van der Waals surface area contributed by atoms with Crippen LogP contribution in [0.25, 0.3) is 10.2 Å². The smallest absolute Gasteiger partial charge is 0.271 e. The van der Waals surface area contributed by atoms with Gasteiger partial charge in [0.15, 0.2) is 0 Å². The van der Waals surface area contributed by atoms with Gasteiger partial charge in [-0.2, -0.15) is 4.98 Å². The zero-order valence-corrected chi connectivity index (χ0v) is 12.8. The Kier molecular flexibility index (Phi) is 3.78. The summed E-state index contributed by atoms with van der Waals surface area (Å²) in [7, 11) is 1.49. The third-order valence-corrected chi connectivity index (χ3v) is 3.92. The molecule has 1 N–H and O–H groups in total. The molecule has 0 fully saturated rings. The van der Waals surface area contributed by atoms with Crippen molar-refractivity contribution in [3.05, 3.63) is 45.0 Å². The lowest BCUT2D eigenvalue weighted by Gasteiger charge is -2.11. The quantitative estimate of drug-likeness (QED) is 0.440. The van der Waals surface area contributed by atoms with E-state index in [9.17, 15) is 10.1 Å². The Morgan fingerprint density at radius 2 is 2.18 bits per heavy atom. The Morgan fingerprint density at radius 1 is 1.36 bits per heavy atom. The van der Waals surface area contributed by atoms with Crippen LogP contribution in [0.2, 0.25) is 5.28 Å². The number of methoxy groups -OCH3 is 1. The predicted molar refractivity (Wildman–Crippen MR) is 85.4 cm³/mol. The molecule has 2 heterocycles. The Balaban J connectivity index is 2.09. The number of hydrogen-bond acceptors (Lipinski definition) is 7. The first kappa shape index (κ1) is 14.5. The average Bonchev–Trinajstić information content (AvgIpc) is 2.95. The number of non-ortho nitro benzene ring substituents is 1. The number of ether oxygens (including phenoxy) is 1. The van der Waals surface area contributed by atoms with Crippen LogP contribution >= 0.6 is 22.9 Å². The van der Waals surface area contributed by atoms with Gasteiger partial charge in [-0.1, -0.05) is 0 Å². The van der Waals surface area contributed by atoms with Crippen LogP contribution in [0.3, 0.4) is 0 Å². The molecule has 9 heteroatoms. The molecule has 112 valence electrons. The van der Waals surface area contributed by atoms with Gasteiger partial charge in [0.25, 0.3) is 5.69 Å². The van der Waals surface area contributed by atoms with Crippen LogP contribution in [0.4, 0.5) is 17.2 Å². The van der Waals surface area contributed by atoms with E-state index in [4.69, 9.17) is 16.3 Å². The molecule has 22 heavy (non-hydrogen) atoms. The standard InChI is InChI=1S/C13H9ClN4O3S/c1-21-10-3-2-7(18(19)20)6-9(10)15-11-8-4-5-22-12(8)17-13(14)16-11/h2-6H,1H3,(H,15,16,17). The van der Waals surface area contributed by atoms with Crippen molar-refractivity contribution in [2.24, 2.45) is 0 Å². The number of nitrogens with one attached hydrogen (secondary N) is 1. The van der Waals surface area contributed by atoms with E-state index in [-0.39, 0.29) is 11.0 Å². The second-order valence-electron chi connectivity index (χ2n) is 4.25. The number of nitrogens with zero attached hydrogens (tertiary/aromatic N) is 3. The summed E-state index contributed by atoms with van der Waals surface area (Å²) in [5.41, 5.74) is 0.379. The van der Waals surface area contributed by atoms with Crippen LogP contribution in [-0.4, -0.2) is 22.0 Å². The number of thiophene rings is 1. The summed E-state index contributed by atoms with van der Waals surface area (Å²) in [6.45, 7) is 0. The highest BCUT2D eigenvalue weighted by atomic mass is 35.5. The molecule has 0 radical (unpaired) electrons. The van der Waals surface area contributed by atoms with Crippen molar-refractivity contribution in [2.45, 2.75) is 0 Å². The molecule has 2 aromatic heterocycles. The van der Waals surface area contributed by atoms with Gasteiger partial charge in [-0.05, 0) is 29.1 Å². The summed E-state index contributed by atoms with van der Waals surface area (Å²) in [5, 5.41) is 16.7. The van der Waals surface area contributed by atoms with Crippen molar-refractivity contribution in [1.82, 2.24) is 9.97 Å². The summed E-state index contributed by atoms with van der Waals surface area (Å²) in [5.74, 6) is 0.929. The number of anilines is 2. The molecule has 0 amide bonds. The molecule has 0 saturated heterocycles. The van der Waals surface area contributed by atoms with Crippen LogP contribution < -0.4 is 10.1 Å². The predicted octanol–water partition coefficient (Wildman–Crippen LogP) is 4.01. The minimum absolute atomic E-state index is 0.0509. The van der Waals surface area contributed by atoms with Crippen molar-refractivity contribution in [3.63, 3.8) is 0 Å². The lowest BCUT2D eigenvalue weighted by molar-refractivity contribution is -0.384. The van der Waals surface area contributed by atoms with Crippen LogP contribution in [0.15, 0.2) is 29.6 Å². The summed E-state index contributed by atoms with van der Waals surface area (Å²) in [6.07, 6.45) is 0. The molecule has 0 unspecified atom stereocenters. The second-order valence-corrected chi connectivity index (χ2v) is 5.48. The summed E-state index contributed by atoms with van der Waals surface area (Å²) in [6, 6.07) is 6.13. The minimum atomic E-state index is -0.474. The number of aromatic nitrogens is 2. The van der Waals surface area contributed by atoms with Crippen LogP contribution in [0.5, 0.6) is 5.75 Å². The molecule has 0 aliphatic heterocycles. The monoisotopic (exact) mass is 336 g/mol. The first-order chi connectivity index (χ1) is 10.6. The van der Waals surface area contributed by atoms with Crippen LogP contribution in [0.1, 0.15) is 0 Å². The van der Waals surface area contributed by atoms with Gasteiger partial charge >= 0.3 is 0 Å². The average molecular weight is 337 g/mol. The zero-order chi connectivity index (χ0) is 15.7. The molecular formula is C13H9ClN4O3S. The van der Waals surface area contributed by atoms with E-state index in [1.807, 2.05) is 11.4 Å². The largest absolute Gasteiger partial charge is 0.495 e. The minimum Gasteiger partial charge on any atom is -0.495 e. The number of halogens is 1. The van der Waals surface area contributed by atoms with E-state index in [1.165, 1.54) is 36.6 Å². The highest BCUT2D eigenvalue weighted by Crippen LogP contribution is 2.34. The molecule has 3 aromatic rings. The Labute approximate surface area is 133 Å². The molecule has 1 aromatic carbocycles. The number of hydrogen-bond donors (Lipinski definition) is 1. The maximum Gasteiger partial charge on any atom is 0.271 e. The maximum atomic E-state index is 10.9. The third-order valence-electron chi connectivity index (χ3n) is 2.94. The van der Waals surface area contributed by atoms with Gasteiger partial charge in [-0.3, -0.25) is 10.1 Å². The fraction of sp³-hybridized carbons (Fsp3) is 0.0769. The number of nitro groups is 1. The third kappa shape index (κ3) is 2.66. The molecule has 0 spiro atoms. The maximum absolute atomic E-state index is 10.9. The van der Waals surface area contributed by atoms with Crippen molar-refractivity contribution < 1.29 is 9.66 Å². The van der Waals surface area contributed by atoms with Gasteiger partial charge in [-0.15, -0.1) is 11.3 Å². The first-order valence-electron chi connectivity index (χ1n) is 6.08. The van der Waals surface area contributed by atoms with Crippen LogP contribution in [-0.2, 0) is 0 Å². The van der Waals surface area contributed by atoms with Gasteiger partial charge in [0, 0.05) is 12.1 Å². The van der Waals surface area contributed by atoms with Crippen molar-refractivity contribution in [2.75, 3.05) is 12.4 Å². The fourth-order valence-corrected chi connectivity index (χ4v) is 2.94. The molecule has 0 aliphatic rings. The fourth-order valence-electron chi connectivity index (χ4n) is 1.96. The molecule has 7 nitrogen and oxygen atoms in total. The van der Waals surface area contributed by atoms with E-state index >= 15 is 0 Å². The number of rotatable bonds is 4. The van der Waals surface area contributed by atoms with Crippen LogP contribution in [0, 0.1) is 10.1 Å². The van der Waals surface area contributed by atoms with E-state index in [2.05, 4.69) is 15.3 Å². The van der Waals surface area contributed by atoms with E-state index < -0.39 is 4.92 Å². The first-order valence-corrected chi connectivity index (χ1v) is 7.34.